The van der Waals surface area contributed by atoms with Gasteiger partial charge in [0.05, 0.1) is 0 Å². The number of fused-ring (bicyclic) bond motifs is 2. The first-order valence-corrected chi connectivity index (χ1v) is 6.21. The molecule has 0 aromatic carbocycles. The fraction of sp³-hybridized carbons (Fsp3) is 1.00. The third-order valence-electron chi connectivity index (χ3n) is 3.66. The van der Waals surface area contributed by atoms with E-state index >= 15 is 0 Å². The van der Waals surface area contributed by atoms with E-state index < -0.39 is 0 Å². The van der Waals surface area contributed by atoms with Gasteiger partial charge in [0.2, 0.25) is 0 Å². The standard InChI is InChI=1S/C10H18BrN/c1-12-9-3-2-4-10(12)6-8(5-9)7-11/h8-10H,2-7H2,1H3. The van der Waals surface area contributed by atoms with Crippen LogP contribution in [-0.2, 0) is 0 Å². The van der Waals surface area contributed by atoms with E-state index in [0.717, 1.165) is 18.0 Å². The summed E-state index contributed by atoms with van der Waals surface area (Å²) in [6, 6.07) is 1.81. The molecule has 2 unspecified atom stereocenters. The van der Waals surface area contributed by atoms with Crippen LogP contribution in [0.15, 0.2) is 0 Å². The summed E-state index contributed by atoms with van der Waals surface area (Å²) in [6.07, 6.45) is 7.21. The number of hydrogen-bond donors (Lipinski definition) is 0. The summed E-state index contributed by atoms with van der Waals surface area (Å²) in [5, 5.41) is 1.22. The lowest BCUT2D eigenvalue weighted by molar-refractivity contribution is 0.0430. The number of halogens is 1. The fourth-order valence-electron chi connectivity index (χ4n) is 2.85. The van der Waals surface area contributed by atoms with Crippen molar-refractivity contribution in [1.82, 2.24) is 4.90 Å². The van der Waals surface area contributed by atoms with Crippen LogP contribution in [0.5, 0.6) is 0 Å². The highest BCUT2D eigenvalue weighted by molar-refractivity contribution is 9.09. The van der Waals surface area contributed by atoms with Crippen LogP contribution >= 0.6 is 15.9 Å². The highest BCUT2D eigenvalue weighted by Gasteiger charge is 2.35. The third kappa shape index (κ3) is 1.56. The fourth-order valence-corrected chi connectivity index (χ4v) is 3.38. The van der Waals surface area contributed by atoms with Gasteiger partial charge in [0.15, 0.2) is 0 Å². The largest absolute Gasteiger partial charge is 0.300 e. The third-order valence-corrected chi connectivity index (χ3v) is 4.57. The van der Waals surface area contributed by atoms with Crippen LogP contribution in [0.4, 0.5) is 0 Å². The molecule has 0 spiro atoms. The summed E-state index contributed by atoms with van der Waals surface area (Å²) in [5.41, 5.74) is 0. The molecular weight excluding hydrogens is 214 g/mol. The zero-order valence-corrected chi connectivity index (χ0v) is 9.39. The molecule has 0 saturated carbocycles. The molecule has 2 heteroatoms. The van der Waals surface area contributed by atoms with Crippen molar-refractivity contribution < 1.29 is 0 Å². The highest BCUT2D eigenvalue weighted by Crippen LogP contribution is 2.36. The Labute approximate surface area is 83.6 Å². The van der Waals surface area contributed by atoms with Gasteiger partial charge in [-0.1, -0.05) is 22.4 Å². The van der Waals surface area contributed by atoms with E-state index in [2.05, 4.69) is 27.9 Å². The number of nitrogens with zero attached hydrogens (tertiary/aromatic N) is 1. The Morgan fingerprint density at radius 3 is 2.33 bits per heavy atom. The molecule has 2 rings (SSSR count). The molecular formula is C10H18BrN. The maximum atomic E-state index is 3.62. The van der Waals surface area contributed by atoms with Crippen molar-refractivity contribution in [2.45, 2.75) is 44.2 Å². The van der Waals surface area contributed by atoms with Gasteiger partial charge in [-0.15, -0.1) is 0 Å². The SMILES string of the molecule is CN1C2CCCC1CC(CBr)C2. The van der Waals surface area contributed by atoms with E-state index in [1.807, 2.05) is 0 Å². The van der Waals surface area contributed by atoms with Crippen molar-refractivity contribution >= 4 is 15.9 Å². The summed E-state index contributed by atoms with van der Waals surface area (Å²) >= 11 is 3.62. The van der Waals surface area contributed by atoms with Crippen LogP contribution in [0.3, 0.4) is 0 Å². The van der Waals surface area contributed by atoms with Gasteiger partial charge in [-0.25, -0.2) is 0 Å². The lowest BCUT2D eigenvalue weighted by Gasteiger charge is -2.46. The Bertz CT molecular complexity index is 146. The minimum atomic E-state index is 0.903. The molecule has 2 aliphatic heterocycles. The van der Waals surface area contributed by atoms with Gasteiger partial charge in [-0.05, 0) is 38.6 Å². The zero-order valence-electron chi connectivity index (χ0n) is 7.80. The zero-order chi connectivity index (χ0) is 8.55. The van der Waals surface area contributed by atoms with Crippen molar-refractivity contribution in [3.05, 3.63) is 0 Å². The van der Waals surface area contributed by atoms with Crippen molar-refractivity contribution in [2.75, 3.05) is 12.4 Å². The van der Waals surface area contributed by atoms with Crippen molar-refractivity contribution in [3.63, 3.8) is 0 Å². The van der Waals surface area contributed by atoms with Gasteiger partial charge >= 0.3 is 0 Å². The first kappa shape index (κ1) is 9.01. The molecule has 0 radical (unpaired) electrons. The van der Waals surface area contributed by atoms with Crippen molar-refractivity contribution in [2.24, 2.45) is 5.92 Å². The molecule has 2 atom stereocenters. The van der Waals surface area contributed by atoms with Gasteiger partial charge in [0.1, 0.15) is 0 Å². The molecule has 0 aliphatic carbocycles. The summed E-state index contributed by atoms with van der Waals surface area (Å²) in [7, 11) is 2.32. The number of hydrogen-bond acceptors (Lipinski definition) is 1. The normalized spacial score (nSPS) is 43.0. The van der Waals surface area contributed by atoms with E-state index in [-0.39, 0.29) is 0 Å². The molecule has 2 aliphatic rings. The maximum absolute atomic E-state index is 3.62. The topological polar surface area (TPSA) is 3.24 Å². The smallest absolute Gasteiger partial charge is 0.00980 e. The minimum Gasteiger partial charge on any atom is -0.300 e. The Hall–Kier alpha value is 0.440. The summed E-state index contributed by atoms with van der Waals surface area (Å²) in [6.45, 7) is 0. The Morgan fingerprint density at radius 1 is 1.25 bits per heavy atom. The molecule has 70 valence electrons. The second-order valence-electron chi connectivity index (χ2n) is 4.40. The predicted octanol–water partition coefficient (Wildman–Crippen LogP) is 2.64. The Balaban J connectivity index is 2.02. The molecule has 0 amide bonds. The van der Waals surface area contributed by atoms with Crippen LogP contribution in [0.1, 0.15) is 32.1 Å². The average Bonchev–Trinajstić information content (AvgIpc) is 2.04. The van der Waals surface area contributed by atoms with E-state index in [0.29, 0.717) is 0 Å². The lowest BCUT2D eigenvalue weighted by atomic mass is 9.80. The van der Waals surface area contributed by atoms with Crippen LogP contribution in [-0.4, -0.2) is 29.4 Å². The van der Waals surface area contributed by atoms with Gasteiger partial charge in [0.25, 0.3) is 0 Å². The minimum absolute atomic E-state index is 0.903. The Morgan fingerprint density at radius 2 is 1.83 bits per heavy atom. The molecule has 0 aromatic rings. The lowest BCUT2D eigenvalue weighted by Crippen LogP contribution is -2.49. The highest BCUT2D eigenvalue weighted by atomic mass is 79.9. The Kier molecular flexibility index (Phi) is 2.75. The summed E-state index contributed by atoms with van der Waals surface area (Å²) in [5.74, 6) is 0.955. The molecule has 2 saturated heterocycles. The van der Waals surface area contributed by atoms with E-state index in [1.165, 1.54) is 37.4 Å². The molecule has 2 fully saturated rings. The van der Waals surface area contributed by atoms with E-state index in [9.17, 15) is 0 Å². The van der Waals surface area contributed by atoms with Crippen LogP contribution in [0, 0.1) is 5.92 Å². The van der Waals surface area contributed by atoms with E-state index in [1.54, 1.807) is 0 Å². The molecule has 12 heavy (non-hydrogen) atoms. The molecule has 0 aromatic heterocycles. The molecule has 1 nitrogen and oxygen atoms in total. The maximum Gasteiger partial charge on any atom is 0.00980 e. The summed E-state index contributed by atoms with van der Waals surface area (Å²) in [4.78, 5) is 2.63. The van der Waals surface area contributed by atoms with Crippen molar-refractivity contribution in [3.8, 4) is 0 Å². The predicted molar refractivity (Wildman–Crippen MR) is 55.7 cm³/mol. The number of piperidine rings is 2. The number of alkyl halides is 1. The van der Waals surface area contributed by atoms with Crippen molar-refractivity contribution in [1.29, 1.82) is 0 Å². The van der Waals surface area contributed by atoms with Gasteiger partial charge in [-0.2, -0.15) is 0 Å². The first-order valence-electron chi connectivity index (χ1n) is 5.09. The second-order valence-corrected chi connectivity index (χ2v) is 5.04. The second kappa shape index (κ2) is 3.67. The molecule has 2 bridgehead atoms. The van der Waals surface area contributed by atoms with Gasteiger partial charge in [-0.3, -0.25) is 0 Å². The van der Waals surface area contributed by atoms with E-state index in [4.69, 9.17) is 0 Å². The summed E-state index contributed by atoms with van der Waals surface area (Å²) < 4.78 is 0. The van der Waals surface area contributed by atoms with Crippen LogP contribution in [0.25, 0.3) is 0 Å². The monoisotopic (exact) mass is 231 g/mol. The molecule has 2 heterocycles. The molecule has 0 N–H and O–H groups in total. The number of rotatable bonds is 1. The average molecular weight is 232 g/mol. The first-order chi connectivity index (χ1) is 5.81. The van der Waals surface area contributed by atoms with Crippen LogP contribution in [0.2, 0.25) is 0 Å². The van der Waals surface area contributed by atoms with Crippen LogP contribution < -0.4 is 0 Å². The van der Waals surface area contributed by atoms with Gasteiger partial charge < -0.3 is 4.90 Å². The van der Waals surface area contributed by atoms with Gasteiger partial charge in [0, 0.05) is 17.4 Å². The quantitative estimate of drug-likeness (QED) is 0.628.